The van der Waals surface area contributed by atoms with Crippen LogP contribution in [0.1, 0.15) is 0 Å². The van der Waals surface area contributed by atoms with Gasteiger partial charge < -0.3 is 5.73 Å². The normalized spacial score (nSPS) is 10.9. The molecule has 0 unspecified atom stereocenters. The van der Waals surface area contributed by atoms with Crippen LogP contribution in [-0.2, 0) is 0 Å². The van der Waals surface area contributed by atoms with Gasteiger partial charge in [-0.1, -0.05) is 0 Å². The van der Waals surface area contributed by atoms with E-state index >= 15 is 0 Å². The molecule has 6 nitrogen and oxygen atoms in total. The van der Waals surface area contributed by atoms with Gasteiger partial charge in [0.05, 0.1) is 11.6 Å². The zero-order valence-corrected chi connectivity index (χ0v) is 11.4. The van der Waals surface area contributed by atoms with E-state index in [9.17, 15) is 0 Å². The summed E-state index contributed by atoms with van der Waals surface area (Å²) in [5.41, 5.74) is 6.28. The first-order chi connectivity index (χ1) is 8.72. The molecule has 3 aromatic rings. The summed E-state index contributed by atoms with van der Waals surface area (Å²) in [4.78, 5) is 12.5. The van der Waals surface area contributed by atoms with E-state index in [1.165, 1.54) is 11.8 Å². The Labute approximate surface area is 115 Å². The van der Waals surface area contributed by atoms with Crippen LogP contribution < -0.4 is 5.73 Å². The number of nitrogens with one attached hydrogen (secondary N) is 1. The highest BCUT2D eigenvalue weighted by atomic mass is 79.9. The molecule has 90 valence electrons. The third-order valence-corrected chi connectivity index (χ3v) is 3.62. The Morgan fingerprint density at radius 2 is 2.11 bits per heavy atom. The van der Waals surface area contributed by atoms with Gasteiger partial charge in [0.25, 0.3) is 0 Å². The Balaban J connectivity index is 2.03. The lowest BCUT2D eigenvalue weighted by molar-refractivity contribution is 1.07. The first-order valence-electron chi connectivity index (χ1n) is 4.98. The average Bonchev–Trinajstić information content (AvgIpc) is 2.80. The van der Waals surface area contributed by atoms with Crippen molar-refractivity contribution >= 4 is 44.7 Å². The van der Waals surface area contributed by atoms with E-state index in [0.717, 1.165) is 19.9 Å². The summed E-state index contributed by atoms with van der Waals surface area (Å²) in [6.07, 6.45) is 3.41. The van der Waals surface area contributed by atoms with Crippen molar-refractivity contribution in [3.05, 3.63) is 29.0 Å². The van der Waals surface area contributed by atoms with Crippen LogP contribution in [0.4, 0.5) is 5.95 Å². The number of anilines is 1. The molecular formula is C10H7BrN6S. The van der Waals surface area contributed by atoms with Crippen molar-refractivity contribution < 1.29 is 0 Å². The van der Waals surface area contributed by atoms with E-state index < -0.39 is 0 Å². The van der Waals surface area contributed by atoms with Crippen LogP contribution in [0.25, 0.3) is 11.0 Å². The summed E-state index contributed by atoms with van der Waals surface area (Å²) < 4.78 is 0.933. The molecule has 0 spiro atoms. The monoisotopic (exact) mass is 322 g/mol. The molecule has 0 aliphatic heterocycles. The minimum Gasteiger partial charge on any atom is -0.368 e. The van der Waals surface area contributed by atoms with E-state index in [-0.39, 0.29) is 5.95 Å². The van der Waals surface area contributed by atoms with Crippen molar-refractivity contribution in [1.29, 1.82) is 0 Å². The molecule has 0 saturated carbocycles. The highest BCUT2D eigenvalue weighted by Crippen LogP contribution is 2.30. The van der Waals surface area contributed by atoms with Gasteiger partial charge in [-0.3, -0.25) is 5.10 Å². The van der Waals surface area contributed by atoms with Crippen molar-refractivity contribution in [2.45, 2.75) is 10.1 Å². The van der Waals surface area contributed by atoms with Crippen LogP contribution in [0, 0.1) is 0 Å². The van der Waals surface area contributed by atoms with E-state index in [1.807, 2.05) is 12.1 Å². The second-order valence-corrected chi connectivity index (χ2v) is 5.36. The fourth-order valence-electron chi connectivity index (χ4n) is 1.42. The fourth-order valence-corrected chi connectivity index (χ4v) is 2.50. The molecule has 0 amide bonds. The third-order valence-electron chi connectivity index (χ3n) is 2.19. The minimum atomic E-state index is 0.214. The molecule has 3 N–H and O–H groups in total. The molecule has 8 heteroatoms. The summed E-state index contributed by atoms with van der Waals surface area (Å²) >= 11 is 4.77. The molecule has 3 aromatic heterocycles. The molecule has 0 fully saturated rings. The van der Waals surface area contributed by atoms with E-state index in [4.69, 9.17) is 5.73 Å². The van der Waals surface area contributed by atoms with E-state index in [1.54, 1.807) is 12.4 Å². The summed E-state index contributed by atoms with van der Waals surface area (Å²) in [5.74, 6) is 0.214. The number of nitrogen functional groups attached to an aromatic ring is 1. The summed E-state index contributed by atoms with van der Waals surface area (Å²) in [6, 6.07) is 3.82. The van der Waals surface area contributed by atoms with Crippen LogP contribution in [0.3, 0.4) is 0 Å². The maximum absolute atomic E-state index is 5.65. The molecule has 0 saturated heterocycles. The maximum atomic E-state index is 5.65. The number of hydrogen-bond acceptors (Lipinski definition) is 6. The van der Waals surface area contributed by atoms with Gasteiger partial charge in [0.1, 0.15) is 10.1 Å². The zero-order valence-electron chi connectivity index (χ0n) is 8.96. The van der Waals surface area contributed by atoms with E-state index in [2.05, 4.69) is 41.1 Å². The van der Waals surface area contributed by atoms with Crippen LogP contribution in [-0.4, -0.2) is 25.1 Å². The molecular weight excluding hydrogens is 316 g/mol. The molecule has 0 aromatic carbocycles. The number of rotatable bonds is 2. The molecule has 0 aliphatic carbocycles. The van der Waals surface area contributed by atoms with Crippen molar-refractivity contribution in [1.82, 2.24) is 25.1 Å². The number of aromatic amines is 1. The zero-order chi connectivity index (χ0) is 12.5. The lowest BCUT2D eigenvalue weighted by Gasteiger charge is -2.02. The van der Waals surface area contributed by atoms with Crippen LogP contribution >= 0.6 is 27.7 Å². The van der Waals surface area contributed by atoms with Gasteiger partial charge in [-0.25, -0.2) is 9.97 Å². The number of halogens is 1. The molecule has 0 aliphatic rings. The Morgan fingerprint density at radius 1 is 1.22 bits per heavy atom. The van der Waals surface area contributed by atoms with Crippen molar-refractivity contribution in [2.75, 3.05) is 5.73 Å². The number of pyridine rings is 1. The fraction of sp³-hybridized carbons (Fsp3) is 0. The Morgan fingerprint density at radius 3 is 2.89 bits per heavy atom. The number of nitrogens with two attached hydrogens (primary N) is 1. The maximum Gasteiger partial charge on any atom is 0.223 e. The number of nitrogens with zero attached hydrogens (tertiary/aromatic N) is 4. The highest BCUT2D eigenvalue weighted by Gasteiger charge is 2.10. The lowest BCUT2D eigenvalue weighted by atomic mass is 10.4. The highest BCUT2D eigenvalue weighted by molar-refractivity contribution is 9.10. The topological polar surface area (TPSA) is 93.4 Å². The van der Waals surface area contributed by atoms with Crippen molar-refractivity contribution in [3.8, 4) is 0 Å². The smallest absolute Gasteiger partial charge is 0.223 e. The van der Waals surface area contributed by atoms with Crippen molar-refractivity contribution in [3.63, 3.8) is 0 Å². The quantitative estimate of drug-likeness (QED) is 0.703. The van der Waals surface area contributed by atoms with Gasteiger partial charge in [0, 0.05) is 10.7 Å². The minimum absolute atomic E-state index is 0.214. The number of hydrogen-bond donors (Lipinski definition) is 2. The SMILES string of the molecule is Nc1nc(Sc2ccc(Br)cn2)c2cn[nH]c2n1. The lowest BCUT2D eigenvalue weighted by Crippen LogP contribution is -1.96. The second-order valence-electron chi connectivity index (χ2n) is 3.44. The molecule has 3 rings (SSSR count). The average molecular weight is 323 g/mol. The predicted octanol–water partition coefficient (Wildman–Crippen LogP) is 2.24. The predicted molar refractivity (Wildman–Crippen MR) is 72.2 cm³/mol. The largest absolute Gasteiger partial charge is 0.368 e. The van der Waals surface area contributed by atoms with Gasteiger partial charge >= 0.3 is 0 Å². The first kappa shape index (κ1) is 11.4. The summed E-state index contributed by atoms with van der Waals surface area (Å²) in [6.45, 7) is 0. The summed E-state index contributed by atoms with van der Waals surface area (Å²) in [5, 5.41) is 9.11. The molecule has 0 bridgehead atoms. The molecule has 3 heterocycles. The van der Waals surface area contributed by atoms with Crippen LogP contribution in [0.5, 0.6) is 0 Å². The number of aromatic nitrogens is 5. The standard InChI is InChI=1S/C10H7BrN6S/c11-5-1-2-7(13-3-5)18-9-6-4-14-17-8(6)15-10(12)16-9/h1-4H,(H3,12,14,15,16,17). The molecule has 0 atom stereocenters. The Bertz CT molecular complexity index is 695. The first-order valence-corrected chi connectivity index (χ1v) is 6.59. The van der Waals surface area contributed by atoms with Crippen LogP contribution in [0.15, 0.2) is 39.1 Å². The van der Waals surface area contributed by atoms with Gasteiger partial charge in [-0.05, 0) is 39.8 Å². The summed E-state index contributed by atoms with van der Waals surface area (Å²) in [7, 11) is 0. The molecule has 0 radical (unpaired) electrons. The Hall–Kier alpha value is -1.67. The second kappa shape index (κ2) is 4.54. The Kier molecular flexibility index (Phi) is 2.88. The van der Waals surface area contributed by atoms with Gasteiger partial charge in [-0.2, -0.15) is 10.1 Å². The number of fused-ring (bicyclic) bond motifs is 1. The van der Waals surface area contributed by atoms with Crippen LogP contribution in [0.2, 0.25) is 0 Å². The third kappa shape index (κ3) is 2.16. The molecule has 18 heavy (non-hydrogen) atoms. The van der Waals surface area contributed by atoms with E-state index in [0.29, 0.717) is 5.65 Å². The van der Waals surface area contributed by atoms with Gasteiger partial charge in [-0.15, -0.1) is 0 Å². The number of H-pyrrole nitrogens is 1. The van der Waals surface area contributed by atoms with Gasteiger partial charge in [0.15, 0.2) is 5.65 Å². The van der Waals surface area contributed by atoms with Gasteiger partial charge in [0.2, 0.25) is 5.95 Å². The van der Waals surface area contributed by atoms with Crippen molar-refractivity contribution in [2.24, 2.45) is 0 Å².